The van der Waals surface area contributed by atoms with Crippen molar-refractivity contribution in [1.29, 1.82) is 0 Å². The molecule has 1 aromatic carbocycles. The molecule has 1 atom stereocenters. The molecule has 0 fully saturated rings. The molecule has 84 valence electrons. The zero-order valence-corrected chi connectivity index (χ0v) is 10.2. The Morgan fingerprint density at radius 2 is 2.27 bits per heavy atom. The first-order chi connectivity index (χ1) is 7.13. The van der Waals surface area contributed by atoms with Crippen molar-refractivity contribution in [3.05, 3.63) is 34.1 Å². The Morgan fingerprint density at radius 1 is 1.53 bits per heavy atom. The van der Waals surface area contributed by atoms with Crippen molar-refractivity contribution in [2.24, 2.45) is 0 Å². The Morgan fingerprint density at radius 3 is 2.93 bits per heavy atom. The van der Waals surface area contributed by atoms with Gasteiger partial charge in [0, 0.05) is 17.6 Å². The summed E-state index contributed by atoms with van der Waals surface area (Å²) in [6.45, 7) is 3.00. The highest BCUT2D eigenvalue weighted by Gasteiger charge is 2.03. The van der Waals surface area contributed by atoms with E-state index in [1.165, 1.54) is 12.1 Å². The van der Waals surface area contributed by atoms with Gasteiger partial charge in [0.2, 0.25) is 0 Å². The van der Waals surface area contributed by atoms with E-state index in [9.17, 15) is 9.50 Å². The number of hydrogen-bond donors (Lipinski definition) is 2. The summed E-state index contributed by atoms with van der Waals surface area (Å²) in [6.07, 6.45) is 0.384. The Balaban J connectivity index is 2.46. The molecule has 4 heteroatoms. The predicted molar refractivity (Wildman–Crippen MR) is 62.1 cm³/mol. The van der Waals surface area contributed by atoms with E-state index in [1.807, 2.05) is 6.92 Å². The third-order valence-corrected chi connectivity index (χ3v) is 2.95. The Kier molecular flexibility index (Phi) is 5.22. The number of halogens is 2. The first-order valence-corrected chi connectivity index (χ1v) is 5.75. The third-order valence-electron chi connectivity index (χ3n) is 2.17. The standard InChI is InChI=1S/C11H15BrFNO/c1-2-10(15)7-14-6-8-5-9(13)3-4-11(8)12/h3-5,10,14-15H,2,6-7H2,1H3. The van der Waals surface area contributed by atoms with Crippen LogP contribution in [-0.4, -0.2) is 17.8 Å². The van der Waals surface area contributed by atoms with Crippen LogP contribution in [0.5, 0.6) is 0 Å². The summed E-state index contributed by atoms with van der Waals surface area (Å²) in [7, 11) is 0. The lowest BCUT2D eigenvalue weighted by molar-refractivity contribution is 0.167. The molecule has 0 saturated heterocycles. The fourth-order valence-electron chi connectivity index (χ4n) is 1.20. The zero-order valence-electron chi connectivity index (χ0n) is 8.63. The normalized spacial score (nSPS) is 12.8. The summed E-state index contributed by atoms with van der Waals surface area (Å²) in [5, 5.41) is 12.4. The van der Waals surface area contributed by atoms with Crippen LogP contribution in [0, 0.1) is 5.82 Å². The lowest BCUT2D eigenvalue weighted by Crippen LogP contribution is -2.25. The maximum atomic E-state index is 12.9. The lowest BCUT2D eigenvalue weighted by Gasteiger charge is -2.10. The summed E-state index contributed by atoms with van der Waals surface area (Å²) in [4.78, 5) is 0. The molecule has 1 aromatic rings. The lowest BCUT2D eigenvalue weighted by atomic mass is 10.2. The summed E-state index contributed by atoms with van der Waals surface area (Å²) < 4.78 is 13.8. The molecule has 2 N–H and O–H groups in total. The van der Waals surface area contributed by atoms with Crippen molar-refractivity contribution in [2.45, 2.75) is 26.0 Å². The Labute approximate surface area is 97.6 Å². The van der Waals surface area contributed by atoms with E-state index >= 15 is 0 Å². The van der Waals surface area contributed by atoms with Crippen LogP contribution in [0.25, 0.3) is 0 Å². The van der Waals surface area contributed by atoms with E-state index in [-0.39, 0.29) is 11.9 Å². The second-order valence-corrected chi connectivity index (χ2v) is 4.28. The van der Waals surface area contributed by atoms with E-state index in [0.29, 0.717) is 13.1 Å². The zero-order chi connectivity index (χ0) is 11.3. The number of rotatable bonds is 5. The van der Waals surface area contributed by atoms with E-state index in [4.69, 9.17) is 0 Å². The van der Waals surface area contributed by atoms with Gasteiger partial charge in [0.25, 0.3) is 0 Å². The van der Waals surface area contributed by atoms with Gasteiger partial charge in [-0.1, -0.05) is 22.9 Å². The summed E-state index contributed by atoms with van der Waals surface area (Å²) in [6, 6.07) is 4.58. The van der Waals surface area contributed by atoms with Gasteiger partial charge in [-0.2, -0.15) is 0 Å². The molecule has 0 aliphatic carbocycles. The van der Waals surface area contributed by atoms with E-state index < -0.39 is 0 Å². The summed E-state index contributed by atoms with van der Waals surface area (Å²) in [5.74, 6) is -0.244. The number of aliphatic hydroxyl groups is 1. The van der Waals surface area contributed by atoms with E-state index in [0.717, 1.165) is 16.5 Å². The van der Waals surface area contributed by atoms with Gasteiger partial charge in [-0.25, -0.2) is 4.39 Å². The highest BCUT2D eigenvalue weighted by Crippen LogP contribution is 2.17. The molecular formula is C11H15BrFNO. The van der Waals surface area contributed by atoms with Crippen LogP contribution in [0.2, 0.25) is 0 Å². The maximum Gasteiger partial charge on any atom is 0.123 e. The largest absolute Gasteiger partial charge is 0.392 e. The van der Waals surface area contributed by atoms with Crippen LogP contribution in [-0.2, 0) is 6.54 Å². The molecule has 0 bridgehead atoms. The minimum absolute atomic E-state index is 0.244. The van der Waals surface area contributed by atoms with Gasteiger partial charge in [-0.15, -0.1) is 0 Å². The van der Waals surface area contributed by atoms with Crippen molar-refractivity contribution in [3.8, 4) is 0 Å². The molecular weight excluding hydrogens is 261 g/mol. The summed E-state index contributed by atoms with van der Waals surface area (Å²) in [5.41, 5.74) is 0.860. The molecule has 1 rings (SSSR count). The number of aliphatic hydroxyl groups excluding tert-OH is 1. The number of benzene rings is 1. The molecule has 0 saturated carbocycles. The van der Waals surface area contributed by atoms with Crippen LogP contribution in [0.3, 0.4) is 0 Å². The third kappa shape index (κ3) is 4.28. The molecule has 2 nitrogen and oxygen atoms in total. The van der Waals surface area contributed by atoms with Crippen molar-refractivity contribution < 1.29 is 9.50 Å². The average molecular weight is 276 g/mol. The average Bonchev–Trinajstić information content (AvgIpc) is 2.23. The minimum Gasteiger partial charge on any atom is -0.392 e. The van der Waals surface area contributed by atoms with Gasteiger partial charge in [0.1, 0.15) is 5.82 Å². The van der Waals surface area contributed by atoms with Crippen molar-refractivity contribution in [3.63, 3.8) is 0 Å². The first-order valence-electron chi connectivity index (χ1n) is 4.96. The highest BCUT2D eigenvalue weighted by atomic mass is 79.9. The Bertz CT molecular complexity index is 319. The fourth-order valence-corrected chi connectivity index (χ4v) is 1.58. The molecule has 0 aliphatic rings. The monoisotopic (exact) mass is 275 g/mol. The van der Waals surface area contributed by atoms with Crippen LogP contribution >= 0.6 is 15.9 Å². The molecule has 1 unspecified atom stereocenters. The first kappa shape index (κ1) is 12.6. The Hall–Kier alpha value is -0.450. The van der Waals surface area contributed by atoms with Crippen molar-refractivity contribution in [1.82, 2.24) is 5.32 Å². The maximum absolute atomic E-state index is 12.9. The molecule has 0 amide bonds. The topological polar surface area (TPSA) is 32.3 Å². The van der Waals surface area contributed by atoms with Gasteiger partial charge in [0.15, 0.2) is 0 Å². The number of nitrogens with one attached hydrogen (secondary N) is 1. The van der Waals surface area contributed by atoms with Crippen LogP contribution in [0.15, 0.2) is 22.7 Å². The smallest absolute Gasteiger partial charge is 0.123 e. The molecule has 0 radical (unpaired) electrons. The van der Waals surface area contributed by atoms with Crippen LogP contribution < -0.4 is 5.32 Å². The van der Waals surface area contributed by atoms with Gasteiger partial charge in [0.05, 0.1) is 6.10 Å². The second kappa shape index (κ2) is 6.20. The van der Waals surface area contributed by atoms with Gasteiger partial charge >= 0.3 is 0 Å². The molecule has 0 spiro atoms. The number of hydrogen-bond acceptors (Lipinski definition) is 2. The van der Waals surface area contributed by atoms with Gasteiger partial charge in [-0.3, -0.25) is 0 Å². The molecule has 0 heterocycles. The van der Waals surface area contributed by atoms with Crippen LogP contribution in [0.1, 0.15) is 18.9 Å². The van der Waals surface area contributed by atoms with Crippen LogP contribution in [0.4, 0.5) is 4.39 Å². The van der Waals surface area contributed by atoms with Crippen molar-refractivity contribution in [2.75, 3.05) is 6.54 Å². The predicted octanol–water partition coefficient (Wildman–Crippen LogP) is 2.45. The highest BCUT2D eigenvalue weighted by molar-refractivity contribution is 9.10. The fraction of sp³-hybridized carbons (Fsp3) is 0.455. The second-order valence-electron chi connectivity index (χ2n) is 3.43. The van der Waals surface area contributed by atoms with Gasteiger partial charge < -0.3 is 10.4 Å². The molecule has 0 aliphatic heterocycles. The minimum atomic E-state index is -0.336. The molecule has 0 aromatic heterocycles. The van der Waals surface area contributed by atoms with E-state index in [2.05, 4.69) is 21.2 Å². The SMILES string of the molecule is CCC(O)CNCc1cc(F)ccc1Br. The van der Waals surface area contributed by atoms with E-state index in [1.54, 1.807) is 6.07 Å². The van der Waals surface area contributed by atoms with Gasteiger partial charge in [-0.05, 0) is 30.2 Å². The van der Waals surface area contributed by atoms with Crippen molar-refractivity contribution >= 4 is 15.9 Å². The quantitative estimate of drug-likeness (QED) is 0.865. The summed E-state index contributed by atoms with van der Waals surface area (Å²) >= 11 is 3.35. The molecule has 15 heavy (non-hydrogen) atoms.